The number of hydrogen-bond donors (Lipinski definition) is 1. The van der Waals surface area contributed by atoms with Gasteiger partial charge in [0.15, 0.2) is 0 Å². The number of benzene rings is 2. The van der Waals surface area contributed by atoms with Crippen LogP contribution >= 0.6 is 27.5 Å². The van der Waals surface area contributed by atoms with Crippen molar-refractivity contribution in [3.63, 3.8) is 0 Å². The number of carbonyl (C=O) groups excluding carboxylic acids is 1. The molecule has 30 heavy (non-hydrogen) atoms. The number of rotatable bonds is 7. The molecule has 9 heteroatoms. The molecule has 162 valence electrons. The van der Waals surface area contributed by atoms with Crippen LogP contribution in [0.4, 0.5) is 5.69 Å². The van der Waals surface area contributed by atoms with E-state index in [1.54, 1.807) is 42.5 Å². The minimum atomic E-state index is -3.83. The summed E-state index contributed by atoms with van der Waals surface area (Å²) < 4.78 is 34.2. The molecule has 1 fully saturated rings. The van der Waals surface area contributed by atoms with Gasteiger partial charge in [0.05, 0.1) is 24.2 Å². The zero-order valence-corrected chi connectivity index (χ0v) is 19.8. The van der Waals surface area contributed by atoms with Crippen LogP contribution < -0.4 is 10.1 Å². The maximum absolute atomic E-state index is 13.4. The van der Waals surface area contributed by atoms with Gasteiger partial charge in [0.1, 0.15) is 5.75 Å². The number of ether oxygens (including phenoxy) is 1. The van der Waals surface area contributed by atoms with Gasteiger partial charge in [-0.05, 0) is 55.3 Å². The molecule has 3 rings (SSSR count). The predicted octanol–water partition coefficient (Wildman–Crippen LogP) is 5.07. The monoisotopic (exact) mass is 514 g/mol. The summed E-state index contributed by atoms with van der Waals surface area (Å²) in [6.07, 6.45) is 4.45. The molecule has 1 N–H and O–H groups in total. The quantitative estimate of drug-likeness (QED) is 0.558. The fourth-order valence-electron chi connectivity index (χ4n) is 3.63. The Bertz CT molecular complexity index is 993. The molecule has 0 heterocycles. The number of nitrogens with one attached hydrogen (secondary N) is 1. The first-order chi connectivity index (χ1) is 14.3. The Kier molecular flexibility index (Phi) is 7.79. The Balaban J connectivity index is 1.86. The van der Waals surface area contributed by atoms with Crippen molar-refractivity contribution in [1.82, 2.24) is 4.31 Å². The fourth-order valence-corrected chi connectivity index (χ4v) is 5.71. The number of methoxy groups -OCH3 is 1. The SMILES string of the molecule is COc1ccc(Cl)cc1NC(=O)CN(C1CCCCC1)S(=O)(=O)c1ccc(Br)cc1. The molecule has 2 aromatic carbocycles. The summed E-state index contributed by atoms with van der Waals surface area (Å²) in [4.78, 5) is 13.0. The van der Waals surface area contributed by atoms with Crippen LogP contribution in [-0.2, 0) is 14.8 Å². The molecule has 0 atom stereocenters. The molecular formula is C21H24BrClN2O4S. The van der Waals surface area contributed by atoms with E-state index in [4.69, 9.17) is 16.3 Å². The third-order valence-electron chi connectivity index (χ3n) is 5.14. The minimum absolute atomic E-state index is 0.171. The zero-order chi connectivity index (χ0) is 21.7. The Labute approximate surface area is 190 Å². The van der Waals surface area contributed by atoms with Gasteiger partial charge >= 0.3 is 0 Å². The Morgan fingerprint density at radius 2 is 1.83 bits per heavy atom. The lowest BCUT2D eigenvalue weighted by molar-refractivity contribution is -0.116. The van der Waals surface area contributed by atoms with Gasteiger partial charge in [-0.1, -0.05) is 46.8 Å². The summed E-state index contributed by atoms with van der Waals surface area (Å²) >= 11 is 9.36. The van der Waals surface area contributed by atoms with Crippen molar-refractivity contribution in [2.45, 2.75) is 43.0 Å². The molecule has 2 aromatic rings. The van der Waals surface area contributed by atoms with Crippen molar-refractivity contribution < 1.29 is 17.9 Å². The van der Waals surface area contributed by atoms with Crippen molar-refractivity contribution in [2.24, 2.45) is 0 Å². The largest absolute Gasteiger partial charge is 0.495 e. The third-order valence-corrected chi connectivity index (χ3v) is 7.81. The highest BCUT2D eigenvalue weighted by Gasteiger charge is 2.34. The second-order valence-corrected chi connectivity index (χ2v) is 10.4. The molecule has 1 aliphatic carbocycles. The van der Waals surface area contributed by atoms with Gasteiger partial charge < -0.3 is 10.1 Å². The summed E-state index contributed by atoms with van der Waals surface area (Å²) in [5, 5.41) is 3.18. The van der Waals surface area contributed by atoms with Crippen LogP contribution in [0.1, 0.15) is 32.1 Å². The molecule has 0 aliphatic heterocycles. The highest BCUT2D eigenvalue weighted by atomic mass is 79.9. The summed E-state index contributed by atoms with van der Waals surface area (Å²) in [5.74, 6) is 0.00885. The molecule has 0 saturated heterocycles. The van der Waals surface area contributed by atoms with Crippen LogP contribution in [0.3, 0.4) is 0 Å². The predicted molar refractivity (Wildman–Crippen MR) is 122 cm³/mol. The van der Waals surface area contributed by atoms with E-state index in [1.165, 1.54) is 11.4 Å². The zero-order valence-electron chi connectivity index (χ0n) is 16.6. The number of hydrogen-bond acceptors (Lipinski definition) is 4. The van der Waals surface area contributed by atoms with Gasteiger partial charge in [0, 0.05) is 15.5 Å². The summed E-state index contributed by atoms with van der Waals surface area (Å²) in [7, 11) is -2.34. The van der Waals surface area contributed by atoms with Crippen LogP contribution in [0.15, 0.2) is 51.8 Å². The molecule has 0 radical (unpaired) electrons. The van der Waals surface area contributed by atoms with E-state index < -0.39 is 15.9 Å². The number of sulfonamides is 1. The average molecular weight is 516 g/mol. The third kappa shape index (κ3) is 5.55. The highest BCUT2D eigenvalue weighted by Crippen LogP contribution is 2.30. The smallest absolute Gasteiger partial charge is 0.243 e. The summed E-state index contributed by atoms with van der Waals surface area (Å²) in [6.45, 7) is -0.279. The number of anilines is 1. The van der Waals surface area contributed by atoms with Gasteiger partial charge in [-0.2, -0.15) is 4.31 Å². The number of halogens is 2. The Morgan fingerprint density at radius 3 is 2.47 bits per heavy atom. The molecule has 0 unspecified atom stereocenters. The fraction of sp³-hybridized carbons (Fsp3) is 0.381. The number of nitrogens with zero attached hydrogens (tertiary/aromatic N) is 1. The average Bonchev–Trinajstić information content (AvgIpc) is 2.73. The van der Waals surface area contributed by atoms with Gasteiger partial charge in [-0.15, -0.1) is 0 Å². The first kappa shape index (κ1) is 23.1. The van der Waals surface area contributed by atoms with Crippen molar-refractivity contribution in [3.8, 4) is 5.75 Å². The van der Waals surface area contributed by atoms with E-state index in [2.05, 4.69) is 21.2 Å². The highest BCUT2D eigenvalue weighted by molar-refractivity contribution is 9.10. The van der Waals surface area contributed by atoms with Crippen molar-refractivity contribution in [2.75, 3.05) is 19.0 Å². The van der Waals surface area contributed by atoms with Gasteiger partial charge in [-0.25, -0.2) is 8.42 Å². The molecule has 1 amide bonds. The van der Waals surface area contributed by atoms with E-state index in [-0.39, 0.29) is 17.5 Å². The van der Waals surface area contributed by atoms with Gasteiger partial charge in [-0.3, -0.25) is 4.79 Å². The molecular weight excluding hydrogens is 492 g/mol. The molecule has 0 spiro atoms. The number of amides is 1. The second-order valence-electron chi connectivity index (χ2n) is 7.19. The maximum atomic E-state index is 13.4. The molecule has 0 bridgehead atoms. The van der Waals surface area contributed by atoms with Gasteiger partial charge in [0.2, 0.25) is 15.9 Å². The minimum Gasteiger partial charge on any atom is -0.495 e. The van der Waals surface area contributed by atoms with Crippen LogP contribution in [0.5, 0.6) is 5.75 Å². The molecule has 1 saturated carbocycles. The molecule has 0 aromatic heterocycles. The lowest BCUT2D eigenvalue weighted by Crippen LogP contribution is -2.45. The second kappa shape index (κ2) is 10.1. The summed E-state index contributed by atoms with van der Waals surface area (Å²) in [5.41, 5.74) is 0.402. The van der Waals surface area contributed by atoms with Crippen LogP contribution in [0, 0.1) is 0 Å². The Morgan fingerprint density at radius 1 is 1.17 bits per heavy atom. The van der Waals surface area contributed by atoms with Gasteiger partial charge in [0.25, 0.3) is 0 Å². The Hall–Kier alpha value is -1.61. The van der Waals surface area contributed by atoms with Crippen molar-refractivity contribution in [3.05, 3.63) is 52.0 Å². The lowest BCUT2D eigenvalue weighted by atomic mass is 9.95. The van der Waals surface area contributed by atoms with Crippen LogP contribution in [0.25, 0.3) is 0 Å². The lowest BCUT2D eigenvalue weighted by Gasteiger charge is -2.33. The standard InChI is InChI=1S/C21H24BrClN2O4S/c1-29-20-12-9-16(23)13-19(20)24-21(26)14-25(17-5-3-2-4-6-17)30(27,28)18-10-7-15(22)8-11-18/h7-13,17H,2-6,14H2,1H3,(H,24,26). The normalized spacial score (nSPS) is 15.2. The maximum Gasteiger partial charge on any atom is 0.243 e. The topological polar surface area (TPSA) is 75.7 Å². The van der Waals surface area contributed by atoms with Crippen LogP contribution in [-0.4, -0.2) is 38.3 Å². The van der Waals surface area contributed by atoms with E-state index in [1.807, 2.05) is 0 Å². The van der Waals surface area contributed by atoms with Crippen molar-refractivity contribution in [1.29, 1.82) is 0 Å². The van der Waals surface area contributed by atoms with E-state index in [9.17, 15) is 13.2 Å². The van der Waals surface area contributed by atoms with Crippen LogP contribution in [0.2, 0.25) is 5.02 Å². The first-order valence-electron chi connectivity index (χ1n) is 9.72. The first-order valence-corrected chi connectivity index (χ1v) is 12.3. The number of carbonyl (C=O) groups is 1. The van der Waals surface area contributed by atoms with E-state index >= 15 is 0 Å². The molecule has 1 aliphatic rings. The molecule has 6 nitrogen and oxygen atoms in total. The van der Waals surface area contributed by atoms with E-state index in [0.29, 0.717) is 16.5 Å². The van der Waals surface area contributed by atoms with E-state index in [0.717, 1.165) is 36.6 Å². The van der Waals surface area contributed by atoms with Crippen molar-refractivity contribution >= 4 is 49.1 Å². The summed E-state index contributed by atoms with van der Waals surface area (Å²) in [6, 6.07) is 11.1.